The molecule has 1 unspecified atom stereocenters. The molecule has 0 amide bonds. The smallest absolute Gasteiger partial charge is 0.132 e. The van der Waals surface area contributed by atoms with Gasteiger partial charge in [0, 0.05) is 37.3 Å². The largest absolute Gasteiger partial charge is 0.355 e. The summed E-state index contributed by atoms with van der Waals surface area (Å²) in [6, 6.07) is 2.39. The molecule has 1 aliphatic heterocycles. The summed E-state index contributed by atoms with van der Waals surface area (Å²) in [5, 5.41) is 0. The number of rotatable bonds is 3. The Kier molecular flexibility index (Phi) is 3.39. The molecule has 0 bridgehead atoms. The average Bonchev–Trinajstić information content (AvgIpc) is 2.75. The first kappa shape index (κ1) is 11.3. The van der Waals surface area contributed by atoms with Gasteiger partial charge in [-0.2, -0.15) is 0 Å². The molecular formula is C12H20N4. The normalized spacial score (nSPS) is 20.4. The molecule has 2 N–H and O–H groups in total. The molecule has 0 aliphatic carbocycles. The van der Waals surface area contributed by atoms with Gasteiger partial charge in [-0.25, -0.2) is 9.97 Å². The molecule has 1 saturated heterocycles. The molecule has 0 aromatic carbocycles. The first-order valence-corrected chi connectivity index (χ1v) is 6.10. The summed E-state index contributed by atoms with van der Waals surface area (Å²) in [6.45, 7) is 6.16. The maximum absolute atomic E-state index is 5.92. The quantitative estimate of drug-likeness (QED) is 0.830. The van der Waals surface area contributed by atoms with E-state index in [0.29, 0.717) is 6.04 Å². The Morgan fingerprint density at radius 1 is 1.38 bits per heavy atom. The van der Waals surface area contributed by atoms with Crippen LogP contribution in [0.2, 0.25) is 0 Å². The Labute approximate surface area is 96.9 Å². The fraction of sp³-hybridized carbons (Fsp3) is 0.667. The lowest BCUT2D eigenvalue weighted by Gasteiger charge is -2.18. The molecule has 2 heterocycles. The number of nitrogens with two attached hydrogens (primary N) is 1. The molecule has 16 heavy (non-hydrogen) atoms. The van der Waals surface area contributed by atoms with Crippen molar-refractivity contribution in [3.8, 4) is 0 Å². The fourth-order valence-electron chi connectivity index (χ4n) is 2.03. The zero-order chi connectivity index (χ0) is 11.5. The molecule has 0 spiro atoms. The van der Waals surface area contributed by atoms with Crippen LogP contribution in [0.4, 0.5) is 5.82 Å². The molecular weight excluding hydrogens is 200 g/mol. The van der Waals surface area contributed by atoms with Crippen molar-refractivity contribution < 1.29 is 0 Å². The van der Waals surface area contributed by atoms with Gasteiger partial charge >= 0.3 is 0 Å². The molecule has 4 heteroatoms. The van der Waals surface area contributed by atoms with E-state index >= 15 is 0 Å². The maximum atomic E-state index is 5.92. The summed E-state index contributed by atoms with van der Waals surface area (Å²) in [7, 11) is 0. The number of hydrogen-bond donors (Lipinski definition) is 1. The van der Waals surface area contributed by atoms with Crippen LogP contribution in [0, 0.1) is 0 Å². The minimum Gasteiger partial charge on any atom is -0.355 e. The Hall–Kier alpha value is -1.16. The topological polar surface area (TPSA) is 55.0 Å². The zero-order valence-electron chi connectivity index (χ0n) is 10.1. The summed E-state index contributed by atoms with van der Waals surface area (Å²) in [4.78, 5) is 11.3. The predicted molar refractivity (Wildman–Crippen MR) is 65.6 cm³/mol. The van der Waals surface area contributed by atoms with Crippen LogP contribution in [-0.4, -0.2) is 29.1 Å². The van der Waals surface area contributed by atoms with E-state index in [2.05, 4.69) is 34.8 Å². The van der Waals surface area contributed by atoms with Gasteiger partial charge in [-0.1, -0.05) is 13.8 Å². The summed E-state index contributed by atoms with van der Waals surface area (Å²) in [5.41, 5.74) is 7.05. The van der Waals surface area contributed by atoms with Crippen molar-refractivity contribution in [3.63, 3.8) is 0 Å². The van der Waals surface area contributed by atoms with E-state index in [1.807, 2.05) is 0 Å². The fourth-order valence-corrected chi connectivity index (χ4v) is 2.03. The molecule has 1 aromatic rings. The van der Waals surface area contributed by atoms with Crippen molar-refractivity contribution in [1.82, 2.24) is 9.97 Å². The molecule has 4 nitrogen and oxygen atoms in total. The van der Waals surface area contributed by atoms with Crippen LogP contribution < -0.4 is 10.6 Å². The third-order valence-electron chi connectivity index (χ3n) is 3.04. The maximum Gasteiger partial charge on any atom is 0.132 e. The Bertz CT molecular complexity index is 342. The molecule has 0 saturated carbocycles. The Balaban J connectivity index is 2.25. The standard InChI is InChI=1S/C12H20N4/c1-3-10-7-12(15-11(4-2)14-10)16-6-5-9(13)8-16/h7,9H,3-6,8,13H2,1-2H3. The van der Waals surface area contributed by atoms with E-state index in [1.165, 1.54) is 0 Å². The van der Waals surface area contributed by atoms with E-state index in [0.717, 1.165) is 49.7 Å². The van der Waals surface area contributed by atoms with E-state index in [-0.39, 0.29) is 0 Å². The zero-order valence-corrected chi connectivity index (χ0v) is 10.1. The van der Waals surface area contributed by atoms with Gasteiger partial charge in [0.1, 0.15) is 11.6 Å². The summed E-state index contributed by atoms with van der Waals surface area (Å²) < 4.78 is 0. The van der Waals surface area contributed by atoms with Gasteiger partial charge in [0.2, 0.25) is 0 Å². The SMILES string of the molecule is CCc1cc(N2CCC(N)C2)nc(CC)n1. The van der Waals surface area contributed by atoms with Crippen molar-refractivity contribution in [1.29, 1.82) is 0 Å². The van der Waals surface area contributed by atoms with Crippen molar-refractivity contribution in [2.75, 3.05) is 18.0 Å². The molecule has 88 valence electrons. The first-order valence-electron chi connectivity index (χ1n) is 6.10. The number of nitrogens with zero attached hydrogens (tertiary/aromatic N) is 3. The van der Waals surface area contributed by atoms with E-state index in [9.17, 15) is 0 Å². The second-order valence-electron chi connectivity index (χ2n) is 4.34. The highest BCUT2D eigenvalue weighted by Gasteiger charge is 2.20. The van der Waals surface area contributed by atoms with Crippen molar-refractivity contribution in [3.05, 3.63) is 17.6 Å². The Morgan fingerprint density at radius 3 is 2.75 bits per heavy atom. The van der Waals surface area contributed by atoms with Crippen LogP contribution in [-0.2, 0) is 12.8 Å². The number of aromatic nitrogens is 2. The van der Waals surface area contributed by atoms with Crippen LogP contribution in [0.1, 0.15) is 31.8 Å². The van der Waals surface area contributed by atoms with Crippen LogP contribution in [0.3, 0.4) is 0 Å². The third-order valence-corrected chi connectivity index (χ3v) is 3.04. The van der Waals surface area contributed by atoms with E-state index < -0.39 is 0 Å². The number of hydrogen-bond acceptors (Lipinski definition) is 4. The molecule has 1 atom stereocenters. The number of anilines is 1. The van der Waals surface area contributed by atoms with Gasteiger partial charge in [0.15, 0.2) is 0 Å². The van der Waals surface area contributed by atoms with E-state index in [4.69, 9.17) is 5.73 Å². The van der Waals surface area contributed by atoms with Crippen LogP contribution in [0.25, 0.3) is 0 Å². The van der Waals surface area contributed by atoms with Crippen molar-refractivity contribution in [2.24, 2.45) is 5.73 Å². The summed E-state index contributed by atoms with van der Waals surface area (Å²) >= 11 is 0. The lowest BCUT2D eigenvalue weighted by molar-refractivity contribution is 0.750. The second-order valence-corrected chi connectivity index (χ2v) is 4.34. The minimum absolute atomic E-state index is 0.296. The lowest BCUT2D eigenvalue weighted by Crippen LogP contribution is -2.27. The molecule has 1 fully saturated rings. The number of aryl methyl sites for hydroxylation is 2. The van der Waals surface area contributed by atoms with Gasteiger partial charge in [-0.3, -0.25) is 0 Å². The van der Waals surface area contributed by atoms with Gasteiger partial charge in [-0.05, 0) is 12.8 Å². The lowest BCUT2D eigenvalue weighted by atomic mass is 10.3. The van der Waals surface area contributed by atoms with Crippen molar-refractivity contribution in [2.45, 2.75) is 39.2 Å². The van der Waals surface area contributed by atoms with Gasteiger partial charge < -0.3 is 10.6 Å². The summed E-state index contributed by atoms with van der Waals surface area (Å²) in [6.07, 6.45) is 2.91. The molecule has 2 rings (SSSR count). The highest BCUT2D eigenvalue weighted by atomic mass is 15.2. The monoisotopic (exact) mass is 220 g/mol. The highest BCUT2D eigenvalue weighted by molar-refractivity contribution is 5.41. The van der Waals surface area contributed by atoms with Crippen LogP contribution in [0.15, 0.2) is 6.07 Å². The summed E-state index contributed by atoms with van der Waals surface area (Å²) in [5.74, 6) is 1.99. The van der Waals surface area contributed by atoms with Crippen LogP contribution >= 0.6 is 0 Å². The molecule has 1 aliphatic rings. The van der Waals surface area contributed by atoms with E-state index in [1.54, 1.807) is 0 Å². The average molecular weight is 220 g/mol. The van der Waals surface area contributed by atoms with Crippen molar-refractivity contribution >= 4 is 5.82 Å². The minimum atomic E-state index is 0.296. The Morgan fingerprint density at radius 2 is 2.19 bits per heavy atom. The van der Waals surface area contributed by atoms with Gasteiger partial charge in [0.25, 0.3) is 0 Å². The first-order chi connectivity index (χ1) is 7.72. The second kappa shape index (κ2) is 4.78. The van der Waals surface area contributed by atoms with Gasteiger partial charge in [-0.15, -0.1) is 0 Å². The predicted octanol–water partition coefficient (Wildman–Crippen LogP) is 1.14. The third kappa shape index (κ3) is 2.32. The van der Waals surface area contributed by atoms with Gasteiger partial charge in [0.05, 0.1) is 0 Å². The highest BCUT2D eigenvalue weighted by Crippen LogP contribution is 2.18. The molecule has 0 radical (unpaired) electrons. The molecule has 1 aromatic heterocycles. The van der Waals surface area contributed by atoms with Crippen LogP contribution in [0.5, 0.6) is 0 Å².